The average molecular weight is 396 g/mol. The smallest absolute Gasteiger partial charge is 0.256 e. The van der Waals surface area contributed by atoms with Crippen molar-refractivity contribution in [2.24, 2.45) is 5.11 Å². The van der Waals surface area contributed by atoms with Crippen molar-refractivity contribution in [3.63, 3.8) is 0 Å². The Labute approximate surface area is 163 Å². The van der Waals surface area contributed by atoms with Gasteiger partial charge in [-0.1, -0.05) is 23.3 Å². The molecular formula is C17H16N8O4. The molecule has 1 saturated heterocycles. The summed E-state index contributed by atoms with van der Waals surface area (Å²) in [5, 5.41) is 26.2. The van der Waals surface area contributed by atoms with Crippen molar-refractivity contribution >= 4 is 22.9 Å². The number of nitrogens with one attached hydrogen (secondary N) is 1. The summed E-state index contributed by atoms with van der Waals surface area (Å²) in [6, 6.07) is 7.66. The molecule has 12 heteroatoms. The SMILES string of the molecule is [N-]=[N+]=N[C@@H]1[C@@H](O)[C@H](n2cnc3c(NC(=O)c4ccccc4)ncnc32)O[C@@H]1CO. The van der Waals surface area contributed by atoms with E-state index < -0.39 is 31.1 Å². The molecule has 1 aromatic carbocycles. The molecule has 2 aromatic heterocycles. The summed E-state index contributed by atoms with van der Waals surface area (Å²) >= 11 is 0. The van der Waals surface area contributed by atoms with Gasteiger partial charge in [0, 0.05) is 10.5 Å². The van der Waals surface area contributed by atoms with Crippen LogP contribution in [0.5, 0.6) is 0 Å². The van der Waals surface area contributed by atoms with Crippen molar-refractivity contribution in [2.45, 2.75) is 24.5 Å². The van der Waals surface area contributed by atoms with Gasteiger partial charge in [0.15, 0.2) is 23.2 Å². The summed E-state index contributed by atoms with van der Waals surface area (Å²) in [7, 11) is 0. The van der Waals surface area contributed by atoms with Crippen molar-refractivity contribution in [1.29, 1.82) is 0 Å². The van der Waals surface area contributed by atoms with Crippen LogP contribution in [0.4, 0.5) is 5.82 Å². The Morgan fingerprint density at radius 1 is 1.31 bits per heavy atom. The molecule has 1 aliphatic rings. The van der Waals surface area contributed by atoms with Gasteiger partial charge < -0.3 is 20.3 Å². The lowest BCUT2D eigenvalue weighted by Crippen LogP contribution is -2.31. The first-order valence-electron chi connectivity index (χ1n) is 8.66. The van der Waals surface area contributed by atoms with E-state index in [0.29, 0.717) is 16.7 Å². The number of rotatable bonds is 5. The van der Waals surface area contributed by atoms with Crippen molar-refractivity contribution in [1.82, 2.24) is 19.5 Å². The molecule has 29 heavy (non-hydrogen) atoms. The summed E-state index contributed by atoms with van der Waals surface area (Å²) in [5.41, 5.74) is 9.73. The van der Waals surface area contributed by atoms with Crippen LogP contribution >= 0.6 is 0 Å². The van der Waals surface area contributed by atoms with E-state index in [1.807, 2.05) is 0 Å². The maximum Gasteiger partial charge on any atom is 0.256 e. The van der Waals surface area contributed by atoms with E-state index in [1.165, 1.54) is 17.2 Å². The molecule has 0 unspecified atom stereocenters. The van der Waals surface area contributed by atoms with E-state index in [1.54, 1.807) is 30.3 Å². The van der Waals surface area contributed by atoms with Crippen molar-refractivity contribution in [2.75, 3.05) is 11.9 Å². The minimum Gasteiger partial charge on any atom is -0.394 e. The quantitative estimate of drug-likeness (QED) is 0.328. The number of aromatic nitrogens is 4. The first-order chi connectivity index (χ1) is 14.1. The Balaban J connectivity index is 1.66. The van der Waals surface area contributed by atoms with Gasteiger partial charge in [0.25, 0.3) is 5.91 Å². The number of carbonyl (C=O) groups excluding carboxylic acids is 1. The highest BCUT2D eigenvalue weighted by Gasteiger charge is 2.44. The van der Waals surface area contributed by atoms with Crippen LogP contribution in [0.3, 0.4) is 0 Å². The number of amides is 1. The molecular weight excluding hydrogens is 380 g/mol. The Morgan fingerprint density at radius 3 is 2.83 bits per heavy atom. The second kappa shape index (κ2) is 7.81. The highest BCUT2D eigenvalue weighted by atomic mass is 16.5. The third-order valence-corrected chi connectivity index (χ3v) is 4.60. The van der Waals surface area contributed by atoms with Gasteiger partial charge in [-0.15, -0.1) is 0 Å². The number of benzene rings is 1. The number of hydrogen-bond acceptors (Lipinski definition) is 8. The molecule has 0 bridgehead atoms. The number of ether oxygens (including phenoxy) is 1. The van der Waals surface area contributed by atoms with Crippen LogP contribution < -0.4 is 5.32 Å². The summed E-state index contributed by atoms with van der Waals surface area (Å²) in [5.74, 6) is -0.165. The molecule has 3 aromatic rings. The van der Waals surface area contributed by atoms with E-state index in [9.17, 15) is 15.0 Å². The predicted octanol–water partition coefficient (Wildman–Crippen LogP) is 1.01. The normalized spacial score (nSPS) is 23.7. The van der Waals surface area contributed by atoms with Crippen molar-refractivity contribution in [3.05, 3.63) is 59.0 Å². The van der Waals surface area contributed by atoms with Gasteiger partial charge in [0.05, 0.1) is 25.1 Å². The number of nitrogens with zero attached hydrogens (tertiary/aromatic N) is 7. The number of azide groups is 1. The van der Waals surface area contributed by atoms with Crippen LogP contribution in [0, 0.1) is 0 Å². The molecule has 4 atom stereocenters. The molecule has 0 saturated carbocycles. The Hall–Kier alpha value is -3.57. The second-order valence-corrected chi connectivity index (χ2v) is 6.30. The standard InChI is InChI=1S/C17H16N8O4/c18-24-23-11-10(6-26)29-17(13(11)27)25-8-21-12-14(19-7-20-15(12)25)22-16(28)9-4-2-1-3-5-9/h1-5,7-8,10-11,13,17,26-27H,6H2,(H,19,20,22,28)/t10-,11+,13-,17-/m1/s1. The zero-order valence-electron chi connectivity index (χ0n) is 14.9. The van der Waals surface area contributed by atoms with E-state index in [2.05, 4.69) is 30.3 Å². The number of fused-ring (bicyclic) bond motifs is 1. The van der Waals surface area contributed by atoms with Gasteiger partial charge in [-0.05, 0) is 17.7 Å². The second-order valence-electron chi connectivity index (χ2n) is 6.30. The predicted molar refractivity (Wildman–Crippen MR) is 99.7 cm³/mol. The Kier molecular flexibility index (Phi) is 5.06. The molecule has 0 aliphatic carbocycles. The van der Waals surface area contributed by atoms with Gasteiger partial charge >= 0.3 is 0 Å². The average Bonchev–Trinajstić information content (AvgIpc) is 3.31. The molecule has 3 N–H and O–H groups in total. The van der Waals surface area contributed by atoms with E-state index in [0.717, 1.165) is 0 Å². The lowest BCUT2D eigenvalue weighted by atomic mass is 10.1. The highest BCUT2D eigenvalue weighted by molar-refractivity contribution is 6.06. The zero-order valence-corrected chi connectivity index (χ0v) is 14.9. The third-order valence-electron chi connectivity index (χ3n) is 4.60. The van der Waals surface area contributed by atoms with Crippen LogP contribution in [0.1, 0.15) is 16.6 Å². The van der Waals surface area contributed by atoms with Crippen molar-refractivity contribution in [3.8, 4) is 0 Å². The fourth-order valence-electron chi connectivity index (χ4n) is 3.21. The number of aliphatic hydroxyl groups is 2. The van der Waals surface area contributed by atoms with Crippen LogP contribution in [-0.4, -0.2) is 60.5 Å². The maximum absolute atomic E-state index is 12.4. The molecule has 0 spiro atoms. The van der Waals surface area contributed by atoms with Gasteiger partial charge in [-0.25, -0.2) is 15.0 Å². The molecule has 1 aliphatic heterocycles. The molecule has 0 radical (unpaired) electrons. The molecule has 4 rings (SSSR count). The largest absolute Gasteiger partial charge is 0.394 e. The van der Waals surface area contributed by atoms with Crippen LogP contribution in [-0.2, 0) is 4.74 Å². The van der Waals surface area contributed by atoms with Crippen LogP contribution in [0.25, 0.3) is 21.6 Å². The fourth-order valence-corrected chi connectivity index (χ4v) is 3.21. The molecule has 1 fully saturated rings. The molecule has 12 nitrogen and oxygen atoms in total. The number of aliphatic hydroxyl groups excluding tert-OH is 2. The van der Waals surface area contributed by atoms with Crippen LogP contribution in [0.15, 0.2) is 48.1 Å². The van der Waals surface area contributed by atoms with E-state index in [-0.39, 0.29) is 11.7 Å². The summed E-state index contributed by atoms with van der Waals surface area (Å²) in [4.78, 5) is 27.6. The first-order valence-corrected chi connectivity index (χ1v) is 8.66. The number of hydrogen-bond donors (Lipinski definition) is 3. The van der Waals surface area contributed by atoms with Gasteiger partial charge in [-0.3, -0.25) is 9.36 Å². The van der Waals surface area contributed by atoms with Gasteiger partial charge in [0.2, 0.25) is 0 Å². The lowest BCUT2D eigenvalue weighted by molar-refractivity contribution is -0.0488. The van der Waals surface area contributed by atoms with E-state index >= 15 is 0 Å². The molecule has 3 heterocycles. The summed E-state index contributed by atoms with van der Waals surface area (Å²) in [6.45, 7) is -0.433. The van der Waals surface area contributed by atoms with Gasteiger partial charge in [-0.2, -0.15) is 0 Å². The minimum atomic E-state index is -1.22. The Bertz CT molecular complexity index is 1080. The highest BCUT2D eigenvalue weighted by Crippen LogP contribution is 2.33. The zero-order chi connectivity index (χ0) is 20.4. The summed E-state index contributed by atoms with van der Waals surface area (Å²) < 4.78 is 7.08. The van der Waals surface area contributed by atoms with Crippen molar-refractivity contribution < 1.29 is 19.7 Å². The molecule has 1 amide bonds. The number of anilines is 1. The van der Waals surface area contributed by atoms with E-state index in [4.69, 9.17) is 10.3 Å². The van der Waals surface area contributed by atoms with Gasteiger partial charge in [0.1, 0.15) is 12.4 Å². The Morgan fingerprint density at radius 2 is 2.10 bits per heavy atom. The number of imidazole rings is 1. The molecule has 148 valence electrons. The fraction of sp³-hybridized carbons (Fsp3) is 0.294. The summed E-state index contributed by atoms with van der Waals surface area (Å²) in [6.07, 6.45) is -0.463. The monoisotopic (exact) mass is 396 g/mol. The number of carbonyl (C=O) groups is 1. The first kappa shape index (κ1) is 18.8. The minimum absolute atomic E-state index is 0.195. The third kappa shape index (κ3) is 3.37. The van der Waals surface area contributed by atoms with Crippen LogP contribution in [0.2, 0.25) is 0 Å². The maximum atomic E-state index is 12.4. The lowest BCUT2D eigenvalue weighted by Gasteiger charge is -2.16. The topological polar surface area (TPSA) is 171 Å².